The van der Waals surface area contributed by atoms with Crippen molar-refractivity contribution in [3.05, 3.63) is 83.4 Å². The predicted molar refractivity (Wildman–Crippen MR) is 169 cm³/mol. The minimum atomic E-state index is -0.379. The quantitative estimate of drug-likeness (QED) is 0.0829. The average molecular weight is 595 g/mol. The summed E-state index contributed by atoms with van der Waals surface area (Å²) in [5.74, 6) is -0.200. The number of aromatic nitrogens is 1. The van der Waals surface area contributed by atoms with Gasteiger partial charge < -0.3 is 20.5 Å². The third-order valence-corrected chi connectivity index (χ3v) is 7.21. The first kappa shape index (κ1) is 34.5. The van der Waals surface area contributed by atoms with Crippen molar-refractivity contribution in [2.75, 3.05) is 19.0 Å². The molecule has 1 heterocycles. The molecule has 1 aromatic heterocycles. The number of amides is 2. The zero-order chi connectivity index (χ0) is 30.6. The van der Waals surface area contributed by atoms with Crippen LogP contribution in [0.5, 0.6) is 0 Å². The smallest absolute Gasteiger partial charge is 0.243 e. The van der Waals surface area contributed by atoms with E-state index < -0.39 is 0 Å². The number of rotatable bonds is 12. The van der Waals surface area contributed by atoms with Crippen molar-refractivity contribution in [2.45, 2.75) is 63.8 Å². The zero-order valence-corrected chi connectivity index (χ0v) is 25.1. The van der Waals surface area contributed by atoms with Gasteiger partial charge in [-0.3, -0.25) is 14.8 Å². The third kappa shape index (κ3) is 12.4. The van der Waals surface area contributed by atoms with Crippen molar-refractivity contribution in [3.8, 4) is 0 Å². The van der Waals surface area contributed by atoms with Crippen molar-refractivity contribution in [2.24, 2.45) is 0 Å². The molecule has 0 fully saturated rings. The monoisotopic (exact) mass is 594 g/mol. The molecule has 1 unspecified atom stereocenters. The first-order valence-electron chi connectivity index (χ1n) is 14.2. The summed E-state index contributed by atoms with van der Waals surface area (Å²) in [4.78, 5) is 38.2. The predicted octanol–water partition coefficient (Wildman–Crippen LogP) is 5.31. The summed E-state index contributed by atoms with van der Waals surface area (Å²) in [5, 5.41) is 27.0. The number of nitrogens with one attached hydrogen (secondary N) is 3. The van der Waals surface area contributed by atoms with E-state index in [2.05, 4.69) is 46.0 Å². The minimum Gasteiger partial charge on any atom is -0.397 e. The number of thiazole rings is 1. The first-order valence-corrected chi connectivity index (χ1v) is 15.1. The Balaban J connectivity index is 0.000000318. The van der Waals surface area contributed by atoms with Crippen LogP contribution in [0.2, 0.25) is 0 Å². The van der Waals surface area contributed by atoms with Gasteiger partial charge in [0, 0.05) is 30.7 Å². The lowest BCUT2D eigenvalue weighted by Crippen LogP contribution is -2.38. The number of aliphatic hydroxyl groups excluding tert-OH is 1. The second-order valence-corrected chi connectivity index (χ2v) is 10.4. The van der Waals surface area contributed by atoms with Crippen LogP contribution < -0.4 is 16.1 Å². The molecule has 3 aromatic rings. The topological polar surface area (TPSA) is 141 Å². The Morgan fingerprint density at radius 2 is 1.88 bits per heavy atom. The van der Waals surface area contributed by atoms with Crippen LogP contribution in [0, 0.1) is 0 Å². The van der Waals surface area contributed by atoms with Crippen molar-refractivity contribution >= 4 is 45.3 Å². The second-order valence-electron chi connectivity index (χ2n) is 9.57. The van der Waals surface area contributed by atoms with Crippen LogP contribution in [0.15, 0.2) is 72.1 Å². The summed E-state index contributed by atoms with van der Waals surface area (Å²) in [6, 6.07) is 14.0. The first-order chi connectivity index (χ1) is 20.4. The number of aldehydes is 1. The molecule has 1 aliphatic carbocycles. The highest BCUT2D eigenvalue weighted by molar-refractivity contribution is 7.14. The highest BCUT2D eigenvalue weighted by Gasteiger charge is 2.19. The summed E-state index contributed by atoms with van der Waals surface area (Å²) in [6.45, 7) is 1.93. The number of hydroxylamine groups is 1. The molecule has 226 valence electrons. The maximum atomic E-state index is 12.4. The molecule has 2 amide bonds. The van der Waals surface area contributed by atoms with Gasteiger partial charge in [-0.1, -0.05) is 79.6 Å². The molecule has 1 aliphatic rings. The van der Waals surface area contributed by atoms with Crippen LogP contribution in [-0.2, 0) is 20.8 Å². The van der Waals surface area contributed by atoms with Gasteiger partial charge >= 0.3 is 0 Å². The fourth-order valence-electron chi connectivity index (χ4n) is 4.24. The number of benzene rings is 2. The average Bonchev–Trinajstić information content (AvgIpc) is 3.48. The summed E-state index contributed by atoms with van der Waals surface area (Å²) in [6.07, 6.45) is 13.9. The van der Waals surface area contributed by atoms with Crippen molar-refractivity contribution in [1.29, 1.82) is 0 Å². The van der Waals surface area contributed by atoms with Crippen LogP contribution in [0.3, 0.4) is 0 Å². The Morgan fingerprint density at radius 3 is 2.55 bits per heavy atom. The van der Waals surface area contributed by atoms with Crippen LogP contribution >= 0.6 is 11.3 Å². The SMILES string of the molecule is CCO.CN[C@@H](CCCCCC(=O)NO)C(=O)Nc1nc(C2C=CC=CC2)cs1.O=CCc1ccc2ccccc2c1. The molecular formula is C32H42N4O5S. The Bertz CT molecular complexity index is 1310. The molecule has 4 rings (SSSR count). The highest BCUT2D eigenvalue weighted by atomic mass is 32.1. The number of unbranched alkanes of at least 4 members (excludes halogenated alkanes) is 2. The minimum absolute atomic E-state index is 0.0967. The number of hydrogen-bond donors (Lipinski definition) is 5. The van der Waals surface area contributed by atoms with Gasteiger partial charge in [-0.15, -0.1) is 11.3 Å². The van der Waals surface area contributed by atoms with Crippen LogP contribution in [0.1, 0.15) is 62.6 Å². The van der Waals surface area contributed by atoms with E-state index in [0.717, 1.165) is 36.8 Å². The normalized spacial score (nSPS) is 14.1. The van der Waals surface area contributed by atoms with Gasteiger partial charge in [0.1, 0.15) is 6.29 Å². The van der Waals surface area contributed by atoms with Gasteiger partial charge in [-0.25, -0.2) is 10.5 Å². The zero-order valence-electron chi connectivity index (χ0n) is 24.3. The van der Waals surface area contributed by atoms with Crippen LogP contribution in [-0.4, -0.2) is 53.1 Å². The van der Waals surface area contributed by atoms with E-state index in [4.69, 9.17) is 10.3 Å². The Labute approximate surface area is 251 Å². The van der Waals surface area contributed by atoms with E-state index in [0.29, 0.717) is 30.8 Å². The van der Waals surface area contributed by atoms with Gasteiger partial charge in [0.2, 0.25) is 11.8 Å². The molecule has 10 heteroatoms. The fraction of sp³-hybridized carbons (Fsp3) is 0.375. The van der Waals surface area contributed by atoms with E-state index in [9.17, 15) is 14.4 Å². The number of hydrogen-bond acceptors (Lipinski definition) is 8. The maximum Gasteiger partial charge on any atom is 0.243 e. The molecule has 0 saturated heterocycles. The van der Waals surface area contributed by atoms with Gasteiger partial charge in [0.25, 0.3) is 0 Å². The lowest BCUT2D eigenvalue weighted by Gasteiger charge is -2.15. The van der Waals surface area contributed by atoms with E-state index in [-0.39, 0.29) is 30.4 Å². The molecule has 0 bridgehead atoms. The molecule has 5 N–H and O–H groups in total. The van der Waals surface area contributed by atoms with Gasteiger partial charge in [0.05, 0.1) is 11.7 Å². The molecular weight excluding hydrogens is 552 g/mol. The number of anilines is 1. The molecule has 0 saturated carbocycles. The molecule has 2 atom stereocenters. The molecule has 42 heavy (non-hydrogen) atoms. The Kier molecular flexibility index (Phi) is 16.6. The number of fused-ring (bicyclic) bond motifs is 1. The summed E-state index contributed by atoms with van der Waals surface area (Å²) in [5.41, 5.74) is 3.68. The fourth-order valence-corrected chi connectivity index (χ4v) is 5.02. The van der Waals surface area contributed by atoms with Gasteiger partial charge in [-0.05, 0) is 49.6 Å². The Hall–Kier alpha value is -3.70. The Morgan fingerprint density at radius 1 is 1.12 bits per heavy atom. The number of carbonyl (C=O) groups is 3. The number of allylic oxidation sites excluding steroid dienone is 4. The molecule has 0 aliphatic heterocycles. The third-order valence-electron chi connectivity index (χ3n) is 6.43. The van der Waals surface area contributed by atoms with Gasteiger partial charge in [0.15, 0.2) is 5.13 Å². The van der Waals surface area contributed by atoms with Gasteiger partial charge in [-0.2, -0.15) is 0 Å². The number of aliphatic hydroxyl groups is 1. The van der Waals surface area contributed by atoms with Crippen LogP contribution in [0.25, 0.3) is 10.8 Å². The number of carbonyl (C=O) groups excluding carboxylic acids is 3. The lowest BCUT2D eigenvalue weighted by atomic mass is 9.98. The molecule has 0 spiro atoms. The number of nitrogens with zero attached hydrogens (tertiary/aromatic N) is 1. The van der Waals surface area contributed by atoms with Crippen molar-refractivity contribution < 1.29 is 24.7 Å². The molecule has 0 radical (unpaired) electrons. The van der Waals surface area contributed by atoms with Crippen LogP contribution in [0.4, 0.5) is 5.13 Å². The largest absolute Gasteiger partial charge is 0.397 e. The highest BCUT2D eigenvalue weighted by Crippen LogP contribution is 2.28. The summed E-state index contributed by atoms with van der Waals surface area (Å²) < 4.78 is 0. The standard InChI is InChI=1S/C18H26N4O3S.C12H10O.C2H6O/c1-19-14(10-6-3-7-11-16(23)22-25)17(24)21-18-20-15(12-26-18)13-8-4-2-5-9-13;13-8-7-10-5-6-11-3-1-2-4-12(11)9-10;1-2-3/h2,4-5,8,12-14,19,25H,3,6-7,9-11H2,1H3,(H,22,23)(H,20,21,24);1-6,8-9H,7H2;3H,2H2,1H3/t13?,14-;;/m0../s1. The number of likely N-dealkylation sites (N-methyl/N-ethyl adjacent to an activating group) is 1. The van der Waals surface area contributed by atoms with E-state index in [1.165, 1.54) is 22.1 Å². The molecule has 2 aromatic carbocycles. The summed E-state index contributed by atoms with van der Waals surface area (Å²) >= 11 is 1.44. The van der Waals surface area contributed by atoms with E-state index in [1.54, 1.807) is 19.5 Å². The van der Waals surface area contributed by atoms with Crippen molar-refractivity contribution in [1.82, 2.24) is 15.8 Å². The lowest BCUT2D eigenvalue weighted by molar-refractivity contribution is -0.129. The van der Waals surface area contributed by atoms with E-state index >= 15 is 0 Å². The summed E-state index contributed by atoms with van der Waals surface area (Å²) in [7, 11) is 1.76. The molecule has 9 nitrogen and oxygen atoms in total. The van der Waals surface area contributed by atoms with Crippen molar-refractivity contribution in [3.63, 3.8) is 0 Å². The second kappa shape index (κ2) is 20.2. The maximum absolute atomic E-state index is 12.4. The van der Waals surface area contributed by atoms with E-state index in [1.807, 2.05) is 41.8 Å².